The van der Waals surface area contributed by atoms with Gasteiger partial charge in [0.2, 0.25) is 11.8 Å². The number of rotatable bonds is 4. The number of aromatic nitrogens is 2. The molecule has 4 rings (SSSR count). The molecular weight excluding hydrogens is 428 g/mol. The number of nitrogens with zero attached hydrogens (tertiary/aromatic N) is 3. The first-order valence-corrected chi connectivity index (χ1v) is 11.6. The standard InChI is InChI=1S/C23H24N4O4S/c1-14-5-9-18(10-6-14)26(4)32(30,31)19-13-17(8-7-15(19)2)22-16(3)25-27-21(29)12-11-20(28)24-23(22)27/h5-10,13H,11-12H2,1-4H3,(H,24,28). The van der Waals surface area contributed by atoms with E-state index in [1.807, 2.05) is 19.1 Å². The van der Waals surface area contributed by atoms with Gasteiger partial charge in [-0.15, -0.1) is 0 Å². The Morgan fingerprint density at radius 2 is 1.69 bits per heavy atom. The third-order valence-electron chi connectivity index (χ3n) is 5.63. The Labute approximate surface area is 186 Å². The summed E-state index contributed by atoms with van der Waals surface area (Å²) in [5, 5.41) is 7.05. The Kier molecular flexibility index (Phi) is 5.37. The summed E-state index contributed by atoms with van der Waals surface area (Å²) in [6, 6.07) is 12.3. The molecule has 0 fully saturated rings. The third kappa shape index (κ3) is 3.69. The minimum atomic E-state index is -3.86. The molecule has 0 aliphatic carbocycles. The summed E-state index contributed by atoms with van der Waals surface area (Å²) < 4.78 is 29.4. The molecule has 8 nitrogen and oxygen atoms in total. The van der Waals surface area contributed by atoms with Crippen molar-refractivity contribution in [2.75, 3.05) is 16.7 Å². The second-order valence-corrected chi connectivity index (χ2v) is 9.89. The lowest BCUT2D eigenvalue weighted by atomic mass is 10.0. The van der Waals surface area contributed by atoms with Crippen molar-refractivity contribution in [2.45, 2.75) is 38.5 Å². The van der Waals surface area contributed by atoms with Gasteiger partial charge in [0.15, 0.2) is 0 Å². The molecular formula is C23H24N4O4S. The Morgan fingerprint density at radius 3 is 2.38 bits per heavy atom. The predicted octanol–water partition coefficient (Wildman–Crippen LogP) is 3.67. The fraction of sp³-hybridized carbons (Fsp3) is 0.261. The van der Waals surface area contributed by atoms with E-state index in [1.54, 1.807) is 44.2 Å². The molecule has 1 aromatic heterocycles. The Morgan fingerprint density at radius 1 is 1.00 bits per heavy atom. The van der Waals surface area contributed by atoms with Gasteiger partial charge in [-0.2, -0.15) is 9.78 Å². The maximum Gasteiger partial charge on any atom is 0.264 e. The largest absolute Gasteiger partial charge is 0.310 e. The molecule has 0 saturated heterocycles. The van der Waals surface area contributed by atoms with Crippen molar-refractivity contribution < 1.29 is 18.0 Å². The summed E-state index contributed by atoms with van der Waals surface area (Å²) in [5.41, 5.74) is 3.78. The van der Waals surface area contributed by atoms with Crippen LogP contribution in [-0.2, 0) is 14.8 Å². The maximum atomic E-state index is 13.5. The van der Waals surface area contributed by atoms with Crippen LogP contribution in [0.25, 0.3) is 11.1 Å². The number of hydrogen-bond acceptors (Lipinski definition) is 5. The van der Waals surface area contributed by atoms with Gasteiger partial charge >= 0.3 is 0 Å². The third-order valence-corrected chi connectivity index (χ3v) is 7.56. The van der Waals surface area contributed by atoms with Gasteiger partial charge in [-0.1, -0.05) is 29.8 Å². The lowest BCUT2D eigenvalue weighted by Gasteiger charge is -2.21. The number of carbonyl (C=O) groups is 2. The number of carbonyl (C=O) groups excluding carboxylic acids is 2. The molecule has 166 valence electrons. The molecule has 1 aliphatic heterocycles. The van der Waals surface area contributed by atoms with Crippen LogP contribution in [-0.4, -0.2) is 37.1 Å². The van der Waals surface area contributed by atoms with E-state index >= 15 is 0 Å². The summed E-state index contributed by atoms with van der Waals surface area (Å²) >= 11 is 0. The van der Waals surface area contributed by atoms with Gasteiger partial charge in [0, 0.05) is 25.5 Å². The van der Waals surface area contributed by atoms with E-state index in [-0.39, 0.29) is 35.4 Å². The van der Waals surface area contributed by atoms with Crippen LogP contribution in [0.3, 0.4) is 0 Å². The second-order valence-electron chi connectivity index (χ2n) is 7.95. The van der Waals surface area contributed by atoms with Gasteiger partial charge in [-0.3, -0.25) is 13.9 Å². The van der Waals surface area contributed by atoms with Crippen molar-refractivity contribution in [1.82, 2.24) is 9.78 Å². The summed E-state index contributed by atoms with van der Waals surface area (Å²) in [6.45, 7) is 5.39. The van der Waals surface area contributed by atoms with Gasteiger partial charge in [0.25, 0.3) is 10.0 Å². The Balaban J connectivity index is 1.83. The zero-order valence-corrected chi connectivity index (χ0v) is 19.2. The van der Waals surface area contributed by atoms with Gasteiger partial charge in [-0.25, -0.2) is 8.42 Å². The van der Waals surface area contributed by atoms with Crippen LogP contribution < -0.4 is 9.62 Å². The lowest BCUT2D eigenvalue weighted by molar-refractivity contribution is -0.116. The molecule has 3 aromatic rings. The van der Waals surface area contributed by atoms with E-state index < -0.39 is 10.0 Å². The highest BCUT2D eigenvalue weighted by Crippen LogP contribution is 2.36. The molecule has 2 aromatic carbocycles. The van der Waals surface area contributed by atoms with Gasteiger partial charge in [-0.05, 0) is 50.1 Å². The average molecular weight is 453 g/mol. The number of benzene rings is 2. The number of nitrogens with one attached hydrogen (secondary N) is 1. The van der Waals surface area contributed by atoms with Crippen LogP contribution in [0, 0.1) is 20.8 Å². The van der Waals surface area contributed by atoms with Gasteiger partial charge < -0.3 is 5.32 Å². The second kappa shape index (κ2) is 7.90. The van der Waals surface area contributed by atoms with Crippen molar-refractivity contribution in [1.29, 1.82) is 0 Å². The predicted molar refractivity (Wildman–Crippen MR) is 122 cm³/mol. The van der Waals surface area contributed by atoms with Crippen LogP contribution in [0.4, 0.5) is 11.5 Å². The molecule has 0 saturated carbocycles. The molecule has 0 spiro atoms. The summed E-state index contributed by atoms with van der Waals surface area (Å²) in [6.07, 6.45) is 0.143. The Hall–Kier alpha value is -3.46. The summed E-state index contributed by atoms with van der Waals surface area (Å²) in [5.74, 6) is -0.293. The zero-order chi connectivity index (χ0) is 23.2. The number of amides is 1. The van der Waals surface area contributed by atoms with Gasteiger partial charge in [0.1, 0.15) is 5.82 Å². The summed E-state index contributed by atoms with van der Waals surface area (Å²) in [4.78, 5) is 24.7. The number of fused-ring (bicyclic) bond motifs is 1. The minimum Gasteiger partial charge on any atom is -0.310 e. The SMILES string of the molecule is Cc1ccc(N(C)S(=O)(=O)c2cc(-c3c(C)nn4c3NC(=O)CCC4=O)ccc2C)cc1. The molecule has 1 amide bonds. The van der Waals surface area contributed by atoms with Crippen LogP contribution in [0.2, 0.25) is 0 Å². The zero-order valence-electron chi connectivity index (χ0n) is 18.3. The quantitative estimate of drug-likeness (QED) is 0.651. The van der Waals surface area contributed by atoms with Crippen molar-refractivity contribution in [3.63, 3.8) is 0 Å². The van der Waals surface area contributed by atoms with E-state index in [4.69, 9.17) is 0 Å². The smallest absolute Gasteiger partial charge is 0.264 e. The number of aryl methyl sites for hydroxylation is 3. The van der Waals surface area contributed by atoms with Crippen LogP contribution in [0.5, 0.6) is 0 Å². The lowest BCUT2D eigenvalue weighted by Crippen LogP contribution is -2.27. The highest BCUT2D eigenvalue weighted by molar-refractivity contribution is 7.92. The molecule has 32 heavy (non-hydrogen) atoms. The monoisotopic (exact) mass is 452 g/mol. The van der Waals surface area contributed by atoms with Crippen molar-refractivity contribution in [3.8, 4) is 11.1 Å². The Bertz CT molecular complexity index is 1340. The first kappa shape index (κ1) is 21.8. The van der Waals surface area contributed by atoms with E-state index in [1.165, 1.54) is 16.0 Å². The van der Waals surface area contributed by atoms with E-state index in [0.717, 1.165) is 5.56 Å². The average Bonchev–Trinajstić information content (AvgIpc) is 3.01. The van der Waals surface area contributed by atoms with Crippen molar-refractivity contribution in [3.05, 3.63) is 59.3 Å². The molecule has 0 bridgehead atoms. The molecule has 0 radical (unpaired) electrons. The first-order chi connectivity index (χ1) is 15.1. The highest BCUT2D eigenvalue weighted by Gasteiger charge is 2.28. The molecule has 1 N–H and O–H groups in total. The molecule has 9 heteroatoms. The topological polar surface area (TPSA) is 101 Å². The number of hydrogen-bond donors (Lipinski definition) is 1. The number of sulfonamides is 1. The molecule has 2 heterocycles. The van der Waals surface area contributed by atoms with Gasteiger partial charge in [0.05, 0.1) is 16.3 Å². The maximum absolute atomic E-state index is 13.5. The van der Waals surface area contributed by atoms with Crippen LogP contribution >= 0.6 is 0 Å². The van der Waals surface area contributed by atoms with E-state index in [0.29, 0.717) is 28.1 Å². The summed E-state index contributed by atoms with van der Waals surface area (Å²) in [7, 11) is -2.34. The molecule has 0 atom stereocenters. The highest BCUT2D eigenvalue weighted by atomic mass is 32.2. The molecule has 0 unspecified atom stereocenters. The normalized spacial score (nSPS) is 14.0. The number of anilines is 2. The fourth-order valence-electron chi connectivity index (χ4n) is 3.76. The van der Waals surface area contributed by atoms with Crippen molar-refractivity contribution in [2.24, 2.45) is 0 Å². The fourth-order valence-corrected chi connectivity index (χ4v) is 5.21. The minimum absolute atomic E-state index is 0.0638. The first-order valence-electron chi connectivity index (χ1n) is 10.2. The van der Waals surface area contributed by atoms with E-state index in [9.17, 15) is 18.0 Å². The van der Waals surface area contributed by atoms with Crippen LogP contribution in [0.15, 0.2) is 47.4 Å². The van der Waals surface area contributed by atoms with Crippen LogP contribution in [0.1, 0.15) is 34.5 Å². The van der Waals surface area contributed by atoms with E-state index in [2.05, 4.69) is 10.4 Å². The molecule has 1 aliphatic rings. The van der Waals surface area contributed by atoms with Crippen molar-refractivity contribution >= 4 is 33.3 Å².